The maximum absolute atomic E-state index is 13.3. The number of thiazole rings is 1. The number of halogens is 2. The van der Waals surface area contributed by atoms with Crippen LogP contribution in [0.3, 0.4) is 0 Å². The molecule has 0 aliphatic heterocycles. The number of anilines is 1. The number of hydrogen-bond donors (Lipinski definition) is 0. The highest BCUT2D eigenvalue weighted by Gasteiger charge is 2.21. The summed E-state index contributed by atoms with van der Waals surface area (Å²) in [6, 6.07) is 13.4. The van der Waals surface area contributed by atoms with E-state index in [2.05, 4.69) is 9.97 Å². The summed E-state index contributed by atoms with van der Waals surface area (Å²) in [6.07, 6.45) is 8.26. The van der Waals surface area contributed by atoms with Crippen LogP contribution < -0.4 is 4.90 Å². The standard InChI is InChI=1S/C21H19ClN4OS2.ClH/c1-28-16-8-6-15(7-9-16)20(27)26(12-3-11-25-13-10-23-14-25)21-24-19-17(22)4-2-5-18(19)29-21;/h2,4-10,13-14H,3,11-12H2,1H3;1H. The molecule has 0 N–H and O–H groups in total. The Hall–Kier alpha value is -2.06. The molecular formula is C21H20Cl2N4OS2. The molecule has 30 heavy (non-hydrogen) atoms. The van der Waals surface area contributed by atoms with Gasteiger partial charge in [-0.3, -0.25) is 9.69 Å². The van der Waals surface area contributed by atoms with Crippen LogP contribution in [0.25, 0.3) is 10.2 Å². The van der Waals surface area contributed by atoms with E-state index in [1.807, 2.05) is 59.5 Å². The normalized spacial score (nSPS) is 10.7. The summed E-state index contributed by atoms with van der Waals surface area (Å²) < 4.78 is 2.98. The fourth-order valence-electron chi connectivity index (χ4n) is 3.02. The Kier molecular flexibility index (Phi) is 7.77. The topological polar surface area (TPSA) is 51.0 Å². The number of amides is 1. The highest BCUT2D eigenvalue weighted by Crippen LogP contribution is 2.33. The zero-order chi connectivity index (χ0) is 20.2. The Labute approximate surface area is 194 Å². The molecular weight excluding hydrogens is 459 g/mol. The Bertz CT molecular complexity index is 1110. The molecule has 2 heterocycles. The van der Waals surface area contributed by atoms with Crippen molar-refractivity contribution in [3.8, 4) is 0 Å². The van der Waals surface area contributed by atoms with E-state index in [9.17, 15) is 4.79 Å². The van der Waals surface area contributed by atoms with Gasteiger partial charge in [-0.2, -0.15) is 0 Å². The Morgan fingerprint density at radius 3 is 2.70 bits per heavy atom. The average Bonchev–Trinajstić information content (AvgIpc) is 3.41. The van der Waals surface area contributed by atoms with Gasteiger partial charge in [0.1, 0.15) is 5.52 Å². The number of hydrogen-bond acceptors (Lipinski definition) is 5. The molecule has 0 bridgehead atoms. The first kappa shape index (κ1) is 22.6. The Morgan fingerprint density at radius 1 is 1.23 bits per heavy atom. The second kappa shape index (κ2) is 10.3. The summed E-state index contributed by atoms with van der Waals surface area (Å²) >= 11 is 9.44. The van der Waals surface area contributed by atoms with Gasteiger partial charge in [-0.25, -0.2) is 9.97 Å². The molecule has 156 valence electrons. The average molecular weight is 479 g/mol. The third kappa shape index (κ3) is 4.98. The molecule has 4 rings (SSSR count). The first-order valence-electron chi connectivity index (χ1n) is 9.12. The fraction of sp³-hybridized carbons (Fsp3) is 0.190. The number of nitrogens with zero attached hydrogens (tertiary/aromatic N) is 4. The minimum Gasteiger partial charge on any atom is -0.337 e. The highest BCUT2D eigenvalue weighted by molar-refractivity contribution is 7.98. The van der Waals surface area contributed by atoms with Crippen molar-refractivity contribution >= 4 is 68.4 Å². The van der Waals surface area contributed by atoms with Crippen molar-refractivity contribution in [1.82, 2.24) is 14.5 Å². The van der Waals surface area contributed by atoms with Gasteiger partial charge in [0.2, 0.25) is 0 Å². The second-order valence-corrected chi connectivity index (χ2v) is 8.72. The lowest BCUT2D eigenvalue weighted by Crippen LogP contribution is -2.32. The van der Waals surface area contributed by atoms with Crippen LogP contribution >= 0.6 is 47.1 Å². The molecule has 0 atom stereocenters. The van der Waals surface area contributed by atoms with Crippen LogP contribution in [-0.4, -0.2) is 33.2 Å². The van der Waals surface area contributed by atoms with Gasteiger partial charge in [-0.15, -0.1) is 24.2 Å². The fourth-order valence-corrected chi connectivity index (χ4v) is 4.72. The number of para-hydroxylation sites is 1. The number of aromatic nitrogens is 3. The minimum absolute atomic E-state index is 0. The summed E-state index contributed by atoms with van der Waals surface area (Å²) in [5.74, 6) is -0.0570. The van der Waals surface area contributed by atoms with Crippen LogP contribution in [0.4, 0.5) is 5.13 Å². The molecule has 0 aliphatic rings. The lowest BCUT2D eigenvalue weighted by atomic mass is 10.2. The maximum atomic E-state index is 13.3. The maximum Gasteiger partial charge on any atom is 0.260 e. The number of fused-ring (bicyclic) bond motifs is 1. The molecule has 2 aromatic heterocycles. The van der Waals surface area contributed by atoms with Gasteiger partial charge in [0, 0.05) is 35.9 Å². The van der Waals surface area contributed by atoms with Crippen molar-refractivity contribution in [1.29, 1.82) is 0 Å². The van der Waals surface area contributed by atoms with Crippen LogP contribution in [0.2, 0.25) is 5.02 Å². The molecule has 2 aromatic carbocycles. The smallest absolute Gasteiger partial charge is 0.260 e. The zero-order valence-corrected chi connectivity index (χ0v) is 19.4. The molecule has 4 aromatic rings. The van der Waals surface area contributed by atoms with Crippen LogP contribution in [0, 0.1) is 0 Å². The van der Waals surface area contributed by atoms with Crippen LogP contribution in [0.15, 0.2) is 66.1 Å². The molecule has 0 aliphatic carbocycles. The molecule has 0 radical (unpaired) electrons. The van der Waals surface area contributed by atoms with E-state index in [-0.39, 0.29) is 18.3 Å². The predicted octanol–water partition coefficient (Wildman–Crippen LogP) is 6.03. The summed E-state index contributed by atoms with van der Waals surface area (Å²) in [5, 5.41) is 1.26. The summed E-state index contributed by atoms with van der Waals surface area (Å²) in [4.78, 5) is 25.0. The van der Waals surface area contributed by atoms with Crippen molar-refractivity contribution < 1.29 is 4.79 Å². The summed E-state index contributed by atoms with van der Waals surface area (Å²) in [5.41, 5.74) is 1.38. The number of thioether (sulfide) groups is 1. The van der Waals surface area contributed by atoms with Crippen LogP contribution in [0.5, 0.6) is 0 Å². The second-order valence-electron chi connectivity index (χ2n) is 6.42. The zero-order valence-electron chi connectivity index (χ0n) is 16.2. The molecule has 0 fully saturated rings. The van der Waals surface area contributed by atoms with Gasteiger partial charge in [-0.1, -0.05) is 29.0 Å². The van der Waals surface area contributed by atoms with Crippen molar-refractivity contribution in [3.05, 3.63) is 71.8 Å². The van der Waals surface area contributed by atoms with Gasteiger partial charge in [0.25, 0.3) is 5.91 Å². The third-order valence-corrected chi connectivity index (χ3v) is 6.62. The molecule has 1 amide bonds. The first-order valence-corrected chi connectivity index (χ1v) is 11.5. The van der Waals surface area contributed by atoms with Crippen molar-refractivity contribution in [2.75, 3.05) is 17.7 Å². The van der Waals surface area contributed by atoms with Gasteiger partial charge >= 0.3 is 0 Å². The van der Waals surface area contributed by atoms with Gasteiger partial charge < -0.3 is 4.57 Å². The molecule has 5 nitrogen and oxygen atoms in total. The van der Waals surface area contributed by atoms with E-state index in [1.165, 1.54) is 11.3 Å². The third-order valence-electron chi connectivity index (χ3n) is 4.53. The van der Waals surface area contributed by atoms with Crippen molar-refractivity contribution in [2.24, 2.45) is 0 Å². The van der Waals surface area contributed by atoms with E-state index < -0.39 is 0 Å². The van der Waals surface area contributed by atoms with E-state index in [0.717, 1.165) is 28.1 Å². The number of aryl methyl sites for hydroxylation is 1. The molecule has 9 heteroatoms. The predicted molar refractivity (Wildman–Crippen MR) is 129 cm³/mol. The summed E-state index contributed by atoms with van der Waals surface area (Å²) in [6.45, 7) is 1.33. The number of benzene rings is 2. The Morgan fingerprint density at radius 2 is 2.03 bits per heavy atom. The Balaban J connectivity index is 0.00000256. The van der Waals surface area contributed by atoms with Crippen molar-refractivity contribution in [3.63, 3.8) is 0 Å². The number of rotatable bonds is 7. The van der Waals surface area contributed by atoms with E-state index in [4.69, 9.17) is 11.6 Å². The monoisotopic (exact) mass is 478 g/mol. The number of carbonyl (C=O) groups excluding carboxylic acids is 1. The van der Waals surface area contributed by atoms with E-state index >= 15 is 0 Å². The molecule has 0 spiro atoms. The molecule has 0 saturated carbocycles. The highest BCUT2D eigenvalue weighted by atomic mass is 35.5. The summed E-state index contributed by atoms with van der Waals surface area (Å²) in [7, 11) is 0. The quantitative estimate of drug-likeness (QED) is 0.304. The minimum atomic E-state index is -0.0570. The number of carbonyl (C=O) groups is 1. The van der Waals surface area contributed by atoms with Crippen LogP contribution in [0.1, 0.15) is 16.8 Å². The van der Waals surface area contributed by atoms with Gasteiger partial charge in [0.05, 0.1) is 16.0 Å². The van der Waals surface area contributed by atoms with Crippen LogP contribution in [-0.2, 0) is 6.54 Å². The lowest BCUT2D eigenvalue weighted by molar-refractivity contribution is 0.0986. The largest absolute Gasteiger partial charge is 0.337 e. The van der Waals surface area contributed by atoms with E-state index in [0.29, 0.717) is 22.3 Å². The SMILES string of the molecule is CSc1ccc(C(=O)N(CCCn2ccnc2)c2nc3c(Cl)cccc3s2)cc1.Cl. The number of imidazole rings is 1. The van der Waals surface area contributed by atoms with E-state index in [1.54, 1.807) is 29.2 Å². The lowest BCUT2D eigenvalue weighted by Gasteiger charge is -2.20. The van der Waals surface area contributed by atoms with Crippen molar-refractivity contribution in [2.45, 2.75) is 17.9 Å². The van der Waals surface area contributed by atoms with Gasteiger partial charge in [-0.05, 0) is 49.1 Å². The molecule has 0 saturated heterocycles. The molecule has 0 unspecified atom stereocenters. The van der Waals surface area contributed by atoms with Gasteiger partial charge in [0.15, 0.2) is 5.13 Å². The first-order chi connectivity index (χ1) is 14.2.